The van der Waals surface area contributed by atoms with Gasteiger partial charge in [-0.25, -0.2) is 0 Å². The van der Waals surface area contributed by atoms with Gasteiger partial charge in [0.05, 0.1) is 0 Å². The minimum absolute atomic E-state index is 0.852. The summed E-state index contributed by atoms with van der Waals surface area (Å²) in [6.45, 7) is 18.1. The number of rotatable bonds is 4. The third kappa shape index (κ3) is 5.97. The van der Waals surface area contributed by atoms with E-state index < -0.39 is 0 Å². The molecule has 0 spiro atoms. The molecule has 0 aromatic heterocycles. The molecule has 0 radical (unpaired) electrons. The molecule has 112 valence electrons. The topological polar surface area (TPSA) is 0 Å². The van der Waals surface area contributed by atoms with E-state index in [2.05, 4.69) is 55.4 Å². The van der Waals surface area contributed by atoms with E-state index in [1.165, 1.54) is 32.1 Å². The second kappa shape index (κ2) is 9.39. The Labute approximate surface area is 122 Å². The van der Waals surface area contributed by atoms with Crippen LogP contribution in [-0.4, -0.2) is 0 Å². The van der Waals surface area contributed by atoms with Crippen molar-refractivity contribution in [3.8, 4) is 0 Å². The van der Waals surface area contributed by atoms with Crippen molar-refractivity contribution in [3.63, 3.8) is 0 Å². The molecule has 0 aromatic carbocycles. The molecule has 0 nitrogen and oxygen atoms in total. The number of hydrogen-bond acceptors (Lipinski definition) is 0. The van der Waals surface area contributed by atoms with Crippen LogP contribution in [-0.2, 0) is 0 Å². The summed E-state index contributed by atoms with van der Waals surface area (Å²) >= 11 is 0. The quantitative estimate of drug-likeness (QED) is 0.483. The molecule has 0 saturated carbocycles. The number of hydrogen-bond donors (Lipinski definition) is 0. The average Bonchev–Trinajstić information content (AvgIpc) is 2.66. The minimum atomic E-state index is 0.852. The molecule has 1 rings (SSSR count). The van der Waals surface area contributed by atoms with E-state index in [9.17, 15) is 0 Å². The predicted molar refractivity (Wildman–Crippen MR) is 89.5 cm³/mol. The van der Waals surface area contributed by atoms with Crippen LogP contribution in [0.5, 0.6) is 0 Å². The maximum Gasteiger partial charge on any atom is -0.0200 e. The third-order valence-corrected chi connectivity index (χ3v) is 4.99. The first-order valence-electron chi connectivity index (χ1n) is 8.21. The molecule has 0 saturated heterocycles. The first-order valence-corrected chi connectivity index (χ1v) is 8.21. The zero-order chi connectivity index (χ0) is 15.0. The fourth-order valence-corrected chi connectivity index (χ4v) is 2.85. The summed E-state index contributed by atoms with van der Waals surface area (Å²) in [5, 5.41) is 0. The highest BCUT2D eigenvalue weighted by molar-refractivity contribution is 5.21. The summed E-state index contributed by atoms with van der Waals surface area (Å²) < 4.78 is 0. The van der Waals surface area contributed by atoms with Crippen molar-refractivity contribution in [2.75, 3.05) is 0 Å². The second-order valence-electron chi connectivity index (χ2n) is 6.27. The van der Waals surface area contributed by atoms with E-state index in [1.54, 1.807) is 22.3 Å². The Morgan fingerprint density at radius 3 is 1.84 bits per heavy atom. The van der Waals surface area contributed by atoms with Gasteiger partial charge in [0.25, 0.3) is 0 Å². The van der Waals surface area contributed by atoms with Gasteiger partial charge in [0, 0.05) is 0 Å². The van der Waals surface area contributed by atoms with Gasteiger partial charge in [0.15, 0.2) is 0 Å². The molecule has 19 heavy (non-hydrogen) atoms. The SMILES string of the molecule is CCC/C(C)=C(/C)CC.CCC1CC(C)C(C)=C1C. The lowest BCUT2D eigenvalue weighted by Crippen LogP contribution is -1.95. The van der Waals surface area contributed by atoms with Crippen molar-refractivity contribution in [1.29, 1.82) is 0 Å². The molecule has 1 aliphatic rings. The molecule has 0 bridgehead atoms. The van der Waals surface area contributed by atoms with E-state index >= 15 is 0 Å². The van der Waals surface area contributed by atoms with Crippen LogP contribution in [0.3, 0.4) is 0 Å². The standard InChI is InChI=1S/C10H18.C9H18/c1-5-10-6-7(2)8(3)9(10)4;1-5-7-9(4)8(3)6-2/h7,10H,5-6H2,1-4H3;5-7H2,1-4H3/b;9-8-. The van der Waals surface area contributed by atoms with E-state index in [4.69, 9.17) is 0 Å². The van der Waals surface area contributed by atoms with E-state index in [0.29, 0.717) is 0 Å². The van der Waals surface area contributed by atoms with Crippen LogP contribution in [0, 0.1) is 11.8 Å². The Morgan fingerprint density at radius 1 is 1.00 bits per heavy atom. The van der Waals surface area contributed by atoms with Crippen LogP contribution < -0.4 is 0 Å². The molecule has 2 atom stereocenters. The van der Waals surface area contributed by atoms with Crippen LogP contribution in [0.4, 0.5) is 0 Å². The molecule has 1 aliphatic carbocycles. The first-order chi connectivity index (χ1) is 8.88. The normalized spacial score (nSPS) is 24.0. The predicted octanol–water partition coefficient (Wildman–Crippen LogP) is 6.92. The highest BCUT2D eigenvalue weighted by Gasteiger charge is 2.23. The minimum Gasteiger partial charge on any atom is -0.0747 e. The van der Waals surface area contributed by atoms with Gasteiger partial charge in [-0.05, 0) is 65.2 Å². The summed E-state index contributed by atoms with van der Waals surface area (Å²) in [6.07, 6.45) is 6.50. The Kier molecular flexibility index (Phi) is 9.14. The molecular weight excluding hydrogens is 228 g/mol. The Bertz CT molecular complexity index is 317. The van der Waals surface area contributed by atoms with Gasteiger partial charge in [0.1, 0.15) is 0 Å². The van der Waals surface area contributed by atoms with Crippen molar-refractivity contribution in [1.82, 2.24) is 0 Å². The highest BCUT2D eigenvalue weighted by atomic mass is 14.3. The Hall–Kier alpha value is -0.520. The van der Waals surface area contributed by atoms with Crippen molar-refractivity contribution < 1.29 is 0 Å². The van der Waals surface area contributed by atoms with Gasteiger partial charge >= 0.3 is 0 Å². The van der Waals surface area contributed by atoms with Gasteiger partial charge in [-0.3, -0.25) is 0 Å². The van der Waals surface area contributed by atoms with Gasteiger partial charge < -0.3 is 0 Å². The third-order valence-electron chi connectivity index (χ3n) is 4.99. The molecule has 2 unspecified atom stereocenters. The fourth-order valence-electron chi connectivity index (χ4n) is 2.85. The van der Waals surface area contributed by atoms with E-state index in [-0.39, 0.29) is 0 Å². The van der Waals surface area contributed by atoms with Crippen molar-refractivity contribution >= 4 is 0 Å². The average molecular weight is 264 g/mol. The number of allylic oxidation sites excluding steroid dienone is 4. The summed E-state index contributed by atoms with van der Waals surface area (Å²) in [6, 6.07) is 0. The van der Waals surface area contributed by atoms with E-state index in [1.807, 2.05) is 0 Å². The maximum absolute atomic E-state index is 2.34. The first kappa shape index (κ1) is 18.5. The van der Waals surface area contributed by atoms with Gasteiger partial charge in [-0.2, -0.15) is 0 Å². The van der Waals surface area contributed by atoms with Crippen LogP contribution in [0.1, 0.15) is 87.5 Å². The van der Waals surface area contributed by atoms with Gasteiger partial charge in [-0.15, -0.1) is 0 Å². The summed E-state index contributed by atoms with van der Waals surface area (Å²) in [5.41, 5.74) is 6.46. The molecule has 0 N–H and O–H groups in total. The highest BCUT2D eigenvalue weighted by Crippen LogP contribution is 2.37. The molecule has 0 amide bonds. The summed E-state index contributed by atoms with van der Waals surface area (Å²) in [4.78, 5) is 0. The molecular formula is C19H36. The largest absolute Gasteiger partial charge is 0.0747 e. The van der Waals surface area contributed by atoms with Crippen LogP contribution in [0.25, 0.3) is 0 Å². The van der Waals surface area contributed by atoms with Crippen molar-refractivity contribution in [2.24, 2.45) is 11.8 Å². The zero-order valence-electron chi connectivity index (χ0n) is 14.7. The lowest BCUT2D eigenvalue weighted by atomic mass is 9.98. The van der Waals surface area contributed by atoms with Crippen molar-refractivity contribution in [2.45, 2.75) is 87.5 Å². The van der Waals surface area contributed by atoms with Gasteiger partial charge in [0.2, 0.25) is 0 Å². The molecule has 0 fully saturated rings. The smallest absolute Gasteiger partial charge is 0.0200 e. The molecule has 0 aromatic rings. The van der Waals surface area contributed by atoms with Crippen LogP contribution in [0.15, 0.2) is 22.3 Å². The lowest BCUT2D eigenvalue weighted by molar-refractivity contribution is 0.517. The van der Waals surface area contributed by atoms with Gasteiger partial charge in [-0.1, -0.05) is 56.4 Å². The van der Waals surface area contributed by atoms with E-state index in [0.717, 1.165) is 11.8 Å². The zero-order valence-corrected chi connectivity index (χ0v) is 14.7. The summed E-state index contributed by atoms with van der Waals surface area (Å²) in [5.74, 6) is 1.75. The lowest BCUT2D eigenvalue weighted by Gasteiger charge is -2.07. The monoisotopic (exact) mass is 264 g/mol. The van der Waals surface area contributed by atoms with Crippen LogP contribution >= 0.6 is 0 Å². The Balaban J connectivity index is 0.000000344. The van der Waals surface area contributed by atoms with Crippen molar-refractivity contribution in [3.05, 3.63) is 22.3 Å². The maximum atomic E-state index is 2.34. The molecule has 0 heteroatoms. The van der Waals surface area contributed by atoms with Crippen LogP contribution in [0.2, 0.25) is 0 Å². The second-order valence-corrected chi connectivity index (χ2v) is 6.27. The fraction of sp³-hybridized carbons (Fsp3) is 0.789. The summed E-state index contributed by atoms with van der Waals surface area (Å²) in [7, 11) is 0. The molecule has 0 heterocycles. The molecule has 0 aliphatic heterocycles. The Morgan fingerprint density at radius 2 is 1.58 bits per heavy atom.